The Morgan fingerprint density at radius 3 is 2.63 bits per heavy atom. The number of anilines is 2. The number of rotatable bonds is 6. The van der Waals surface area contributed by atoms with Gasteiger partial charge >= 0.3 is 0 Å². The number of hydrogen-bond donors (Lipinski definition) is 2. The maximum atomic E-state index is 4.76. The fraction of sp³-hybridized carbons (Fsp3) is 0.450. The maximum Gasteiger partial charge on any atom is 0.227 e. The molecule has 2 heterocycles. The Balaban J connectivity index is 1.60. The van der Waals surface area contributed by atoms with Gasteiger partial charge in [0.1, 0.15) is 0 Å². The average Bonchev–Trinajstić information content (AvgIpc) is 3.11. The topological polar surface area (TPSA) is 67.7 Å². The lowest BCUT2D eigenvalue weighted by Gasteiger charge is -2.23. The lowest BCUT2D eigenvalue weighted by Crippen LogP contribution is -2.23. The summed E-state index contributed by atoms with van der Waals surface area (Å²) in [6, 6.07) is 8.76. The minimum atomic E-state index is 0.466. The van der Waals surface area contributed by atoms with Crippen molar-refractivity contribution in [2.24, 2.45) is 0 Å². The fourth-order valence-corrected chi connectivity index (χ4v) is 3.85. The SMILES string of the molecule is CCn1cnc2c(NCc3ccc(Br)cc3)nc(NC3CCCCC3)nc21. The molecule has 1 aliphatic carbocycles. The second kappa shape index (κ2) is 8.25. The molecule has 1 saturated carbocycles. The molecule has 6 nitrogen and oxygen atoms in total. The summed E-state index contributed by atoms with van der Waals surface area (Å²) in [4.78, 5) is 14.1. The van der Waals surface area contributed by atoms with E-state index in [0.717, 1.165) is 28.0 Å². The smallest absolute Gasteiger partial charge is 0.227 e. The van der Waals surface area contributed by atoms with Crippen LogP contribution in [0, 0.1) is 0 Å². The summed E-state index contributed by atoms with van der Waals surface area (Å²) in [6.07, 6.45) is 8.12. The second-order valence-corrected chi connectivity index (χ2v) is 7.97. The van der Waals surface area contributed by atoms with E-state index in [1.807, 2.05) is 6.33 Å². The molecule has 0 amide bonds. The highest BCUT2D eigenvalue weighted by Gasteiger charge is 2.17. The molecule has 142 valence electrons. The Kier molecular flexibility index (Phi) is 5.57. The average molecular weight is 429 g/mol. The Labute approximate surface area is 167 Å². The zero-order chi connectivity index (χ0) is 18.6. The molecule has 7 heteroatoms. The number of benzene rings is 1. The van der Waals surface area contributed by atoms with Crippen molar-refractivity contribution in [1.29, 1.82) is 0 Å². The Morgan fingerprint density at radius 1 is 1.11 bits per heavy atom. The Hall–Kier alpha value is -2.15. The van der Waals surface area contributed by atoms with Gasteiger partial charge in [0.2, 0.25) is 5.95 Å². The standard InChI is InChI=1S/C20H25BrN6/c1-2-27-13-23-17-18(22-12-14-8-10-15(21)11-9-14)25-20(26-19(17)27)24-16-6-4-3-5-7-16/h8-11,13,16H,2-7,12H2,1H3,(H2,22,24,25,26). The van der Waals surface area contributed by atoms with Crippen molar-refractivity contribution in [3.05, 3.63) is 40.6 Å². The molecule has 0 saturated heterocycles. The van der Waals surface area contributed by atoms with E-state index in [2.05, 4.69) is 67.3 Å². The molecule has 2 N–H and O–H groups in total. The molecule has 1 aromatic carbocycles. The second-order valence-electron chi connectivity index (χ2n) is 7.06. The third kappa shape index (κ3) is 4.24. The summed E-state index contributed by atoms with van der Waals surface area (Å²) in [5.41, 5.74) is 2.90. The third-order valence-electron chi connectivity index (χ3n) is 5.12. The van der Waals surface area contributed by atoms with Crippen LogP contribution in [0.3, 0.4) is 0 Å². The predicted octanol–water partition coefficient (Wildman–Crippen LogP) is 4.97. The molecule has 0 radical (unpaired) electrons. The zero-order valence-electron chi connectivity index (χ0n) is 15.6. The van der Waals surface area contributed by atoms with Crippen molar-refractivity contribution in [1.82, 2.24) is 19.5 Å². The normalized spacial score (nSPS) is 15.2. The number of aromatic nitrogens is 4. The number of fused-ring (bicyclic) bond motifs is 1. The van der Waals surface area contributed by atoms with Crippen LogP contribution in [0.1, 0.15) is 44.6 Å². The molecule has 0 aliphatic heterocycles. The van der Waals surface area contributed by atoms with Crippen molar-refractivity contribution in [3.63, 3.8) is 0 Å². The molecular formula is C20H25BrN6. The van der Waals surface area contributed by atoms with Crippen molar-refractivity contribution in [2.45, 2.75) is 58.2 Å². The zero-order valence-corrected chi connectivity index (χ0v) is 17.2. The van der Waals surface area contributed by atoms with Gasteiger partial charge in [-0.15, -0.1) is 0 Å². The van der Waals surface area contributed by atoms with Gasteiger partial charge in [0.15, 0.2) is 17.0 Å². The summed E-state index contributed by atoms with van der Waals surface area (Å²) in [6.45, 7) is 3.64. The van der Waals surface area contributed by atoms with Gasteiger partial charge in [0, 0.05) is 23.6 Å². The van der Waals surface area contributed by atoms with Crippen LogP contribution < -0.4 is 10.6 Å². The van der Waals surface area contributed by atoms with Crippen molar-refractivity contribution < 1.29 is 0 Å². The molecule has 3 aromatic rings. The molecule has 27 heavy (non-hydrogen) atoms. The summed E-state index contributed by atoms with van der Waals surface area (Å²) < 4.78 is 3.14. The maximum absolute atomic E-state index is 4.76. The number of nitrogens with one attached hydrogen (secondary N) is 2. The van der Waals surface area contributed by atoms with Gasteiger partial charge in [-0.2, -0.15) is 9.97 Å². The van der Waals surface area contributed by atoms with Gasteiger partial charge in [0.05, 0.1) is 6.33 Å². The van der Waals surface area contributed by atoms with Crippen LogP contribution in [-0.4, -0.2) is 25.6 Å². The minimum Gasteiger partial charge on any atom is -0.364 e. The van der Waals surface area contributed by atoms with Gasteiger partial charge in [-0.05, 0) is 37.5 Å². The van der Waals surface area contributed by atoms with E-state index in [4.69, 9.17) is 9.97 Å². The van der Waals surface area contributed by atoms with Crippen LogP contribution in [0.15, 0.2) is 35.1 Å². The number of halogens is 1. The van der Waals surface area contributed by atoms with Crippen LogP contribution >= 0.6 is 15.9 Å². The van der Waals surface area contributed by atoms with Crippen molar-refractivity contribution in [2.75, 3.05) is 10.6 Å². The fourth-order valence-electron chi connectivity index (χ4n) is 3.58. The highest BCUT2D eigenvalue weighted by Crippen LogP contribution is 2.25. The summed E-state index contributed by atoms with van der Waals surface area (Å²) in [5.74, 6) is 1.48. The lowest BCUT2D eigenvalue weighted by molar-refractivity contribution is 0.461. The first-order chi connectivity index (χ1) is 13.2. The van der Waals surface area contributed by atoms with Crippen LogP contribution in [-0.2, 0) is 13.1 Å². The number of nitrogens with zero attached hydrogens (tertiary/aromatic N) is 4. The minimum absolute atomic E-state index is 0.466. The quantitative estimate of drug-likeness (QED) is 0.580. The van der Waals surface area contributed by atoms with Gasteiger partial charge in [0.25, 0.3) is 0 Å². The first-order valence-electron chi connectivity index (χ1n) is 9.70. The molecule has 2 aromatic heterocycles. The third-order valence-corrected chi connectivity index (χ3v) is 5.64. The monoisotopic (exact) mass is 428 g/mol. The van der Waals surface area contributed by atoms with Crippen molar-refractivity contribution >= 4 is 38.9 Å². The van der Waals surface area contributed by atoms with Crippen molar-refractivity contribution in [3.8, 4) is 0 Å². The van der Waals surface area contributed by atoms with E-state index < -0.39 is 0 Å². The van der Waals surface area contributed by atoms with E-state index in [1.54, 1.807) is 0 Å². The first kappa shape index (κ1) is 18.2. The molecule has 4 rings (SSSR count). The molecule has 1 aliphatic rings. The lowest BCUT2D eigenvalue weighted by atomic mass is 9.96. The molecule has 0 unspecified atom stereocenters. The molecule has 0 bridgehead atoms. The number of aryl methyl sites for hydroxylation is 1. The number of imidazole rings is 1. The van der Waals surface area contributed by atoms with Crippen LogP contribution in [0.5, 0.6) is 0 Å². The summed E-state index contributed by atoms with van der Waals surface area (Å²) in [5, 5.41) is 7.01. The van der Waals surface area contributed by atoms with E-state index >= 15 is 0 Å². The number of hydrogen-bond acceptors (Lipinski definition) is 5. The molecular weight excluding hydrogens is 404 g/mol. The highest BCUT2D eigenvalue weighted by atomic mass is 79.9. The summed E-state index contributed by atoms with van der Waals surface area (Å²) >= 11 is 3.48. The molecule has 0 atom stereocenters. The van der Waals surface area contributed by atoms with E-state index in [1.165, 1.54) is 37.7 Å². The predicted molar refractivity (Wildman–Crippen MR) is 113 cm³/mol. The Morgan fingerprint density at radius 2 is 1.89 bits per heavy atom. The van der Waals surface area contributed by atoms with E-state index in [0.29, 0.717) is 18.5 Å². The van der Waals surface area contributed by atoms with Crippen LogP contribution in [0.25, 0.3) is 11.2 Å². The van der Waals surface area contributed by atoms with Crippen LogP contribution in [0.4, 0.5) is 11.8 Å². The highest BCUT2D eigenvalue weighted by molar-refractivity contribution is 9.10. The van der Waals surface area contributed by atoms with Gasteiger partial charge in [-0.1, -0.05) is 47.3 Å². The van der Waals surface area contributed by atoms with Gasteiger partial charge in [-0.3, -0.25) is 0 Å². The Bertz CT molecular complexity index is 899. The van der Waals surface area contributed by atoms with Gasteiger partial charge < -0.3 is 15.2 Å². The largest absolute Gasteiger partial charge is 0.364 e. The molecule has 1 fully saturated rings. The van der Waals surface area contributed by atoms with Gasteiger partial charge in [-0.25, -0.2) is 4.98 Å². The summed E-state index contributed by atoms with van der Waals surface area (Å²) in [7, 11) is 0. The van der Waals surface area contributed by atoms with Crippen LogP contribution in [0.2, 0.25) is 0 Å². The van der Waals surface area contributed by atoms with E-state index in [9.17, 15) is 0 Å². The molecule has 0 spiro atoms. The first-order valence-corrected chi connectivity index (χ1v) is 10.5. The van der Waals surface area contributed by atoms with E-state index in [-0.39, 0.29) is 0 Å².